The van der Waals surface area contributed by atoms with Gasteiger partial charge in [0, 0.05) is 23.9 Å². The lowest BCUT2D eigenvalue weighted by molar-refractivity contribution is 0.584. The van der Waals surface area contributed by atoms with Gasteiger partial charge < -0.3 is 5.73 Å². The van der Waals surface area contributed by atoms with Gasteiger partial charge in [-0.25, -0.2) is 0 Å². The van der Waals surface area contributed by atoms with E-state index in [1.165, 1.54) is 11.1 Å². The van der Waals surface area contributed by atoms with Gasteiger partial charge in [0.25, 0.3) is 0 Å². The fourth-order valence-electron chi connectivity index (χ4n) is 2.09. The molecule has 2 unspecified atom stereocenters. The maximum Gasteiger partial charge on any atom is 0.0450 e. The average Bonchev–Trinajstić information content (AvgIpc) is 2.47. The molecule has 0 spiro atoms. The molecule has 1 aromatic carbocycles. The van der Waals surface area contributed by atoms with Crippen LogP contribution in [0.4, 0.5) is 0 Å². The zero-order valence-corrected chi connectivity index (χ0v) is 11.0. The highest BCUT2D eigenvalue weighted by atomic mass is 14.7. The van der Waals surface area contributed by atoms with Gasteiger partial charge in [0.15, 0.2) is 0 Å². The van der Waals surface area contributed by atoms with Crippen LogP contribution in [0.25, 0.3) is 0 Å². The van der Waals surface area contributed by atoms with Gasteiger partial charge in [0.05, 0.1) is 0 Å². The number of hydrogen-bond acceptors (Lipinski definition) is 2. The second-order valence-corrected chi connectivity index (χ2v) is 4.66. The standard InChI is InChI=1S/C16H20N2/c1-3-13-7-9-14(10-8-13)16(17)12(2)15-6-4-5-11-18-15/h4-12,16H,3,17H2,1-2H3. The predicted molar refractivity (Wildman–Crippen MR) is 75.4 cm³/mol. The van der Waals surface area contributed by atoms with Crippen LogP contribution in [-0.2, 0) is 6.42 Å². The van der Waals surface area contributed by atoms with E-state index in [0.29, 0.717) is 0 Å². The maximum absolute atomic E-state index is 6.32. The van der Waals surface area contributed by atoms with Crippen LogP contribution in [-0.4, -0.2) is 4.98 Å². The van der Waals surface area contributed by atoms with Crippen LogP contribution in [0.1, 0.15) is 42.6 Å². The minimum atomic E-state index is -0.00851. The molecule has 0 bridgehead atoms. The number of nitrogens with zero attached hydrogens (tertiary/aromatic N) is 1. The zero-order chi connectivity index (χ0) is 13.0. The monoisotopic (exact) mass is 240 g/mol. The number of rotatable bonds is 4. The van der Waals surface area contributed by atoms with Crippen LogP contribution in [0.15, 0.2) is 48.7 Å². The number of aromatic nitrogens is 1. The van der Waals surface area contributed by atoms with Crippen LogP contribution in [0.2, 0.25) is 0 Å². The van der Waals surface area contributed by atoms with Gasteiger partial charge in [-0.05, 0) is 29.7 Å². The molecule has 2 nitrogen and oxygen atoms in total. The number of pyridine rings is 1. The summed E-state index contributed by atoms with van der Waals surface area (Å²) in [6.45, 7) is 4.28. The van der Waals surface area contributed by atoms with Crippen molar-refractivity contribution < 1.29 is 0 Å². The van der Waals surface area contributed by atoms with Gasteiger partial charge >= 0.3 is 0 Å². The van der Waals surface area contributed by atoms with E-state index in [0.717, 1.165) is 12.1 Å². The topological polar surface area (TPSA) is 38.9 Å². The largest absolute Gasteiger partial charge is 0.323 e. The van der Waals surface area contributed by atoms with Gasteiger partial charge in [-0.15, -0.1) is 0 Å². The van der Waals surface area contributed by atoms with Crippen molar-refractivity contribution in [3.63, 3.8) is 0 Å². The van der Waals surface area contributed by atoms with E-state index in [2.05, 4.69) is 43.1 Å². The number of benzene rings is 1. The quantitative estimate of drug-likeness (QED) is 0.889. The second kappa shape index (κ2) is 5.78. The summed E-state index contributed by atoms with van der Waals surface area (Å²) >= 11 is 0. The first-order valence-electron chi connectivity index (χ1n) is 6.47. The first-order valence-corrected chi connectivity index (χ1v) is 6.47. The molecule has 0 aliphatic rings. The van der Waals surface area contributed by atoms with Crippen molar-refractivity contribution >= 4 is 0 Å². The van der Waals surface area contributed by atoms with Crippen molar-refractivity contribution in [1.82, 2.24) is 4.98 Å². The molecule has 0 fully saturated rings. The Bertz CT molecular complexity index is 476. The smallest absolute Gasteiger partial charge is 0.0450 e. The molecular formula is C16H20N2. The van der Waals surface area contributed by atoms with E-state index >= 15 is 0 Å². The van der Waals surface area contributed by atoms with E-state index in [4.69, 9.17) is 5.73 Å². The Kier molecular flexibility index (Phi) is 4.11. The first kappa shape index (κ1) is 12.8. The van der Waals surface area contributed by atoms with E-state index in [1.54, 1.807) is 0 Å². The van der Waals surface area contributed by atoms with Crippen molar-refractivity contribution in [2.75, 3.05) is 0 Å². The van der Waals surface area contributed by atoms with Crippen molar-refractivity contribution in [2.24, 2.45) is 5.73 Å². The maximum atomic E-state index is 6.32. The lowest BCUT2D eigenvalue weighted by atomic mass is 9.91. The summed E-state index contributed by atoms with van der Waals surface area (Å²) in [6.07, 6.45) is 2.88. The van der Waals surface area contributed by atoms with E-state index in [9.17, 15) is 0 Å². The molecule has 2 aromatic rings. The Labute approximate surface area is 109 Å². The van der Waals surface area contributed by atoms with Crippen molar-refractivity contribution in [3.05, 3.63) is 65.5 Å². The molecule has 0 saturated heterocycles. The van der Waals surface area contributed by atoms with E-state index < -0.39 is 0 Å². The molecule has 0 radical (unpaired) electrons. The molecule has 2 heteroatoms. The fourth-order valence-corrected chi connectivity index (χ4v) is 2.09. The summed E-state index contributed by atoms with van der Waals surface area (Å²) < 4.78 is 0. The summed E-state index contributed by atoms with van der Waals surface area (Å²) in [5, 5.41) is 0. The highest BCUT2D eigenvalue weighted by Crippen LogP contribution is 2.27. The Morgan fingerprint density at radius 1 is 1.11 bits per heavy atom. The van der Waals surface area contributed by atoms with Gasteiger partial charge in [-0.1, -0.05) is 44.2 Å². The van der Waals surface area contributed by atoms with E-state index in [-0.39, 0.29) is 12.0 Å². The van der Waals surface area contributed by atoms with Crippen LogP contribution < -0.4 is 5.73 Å². The Morgan fingerprint density at radius 3 is 2.39 bits per heavy atom. The Balaban J connectivity index is 2.17. The summed E-state index contributed by atoms with van der Waals surface area (Å²) in [5.74, 6) is 0.221. The molecule has 0 aliphatic heterocycles. The molecule has 94 valence electrons. The highest BCUT2D eigenvalue weighted by Gasteiger charge is 2.17. The predicted octanol–water partition coefficient (Wildman–Crippen LogP) is 3.45. The third-order valence-corrected chi connectivity index (χ3v) is 3.47. The van der Waals surface area contributed by atoms with Crippen molar-refractivity contribution in [3.8, 4) is 0 Å². The SMILES string of the molecule is CCc1ccc(C(N)C(C)c2ccccn2)cc1. The van der Waals surface area contributed by atoms with Gasteiger partial charge in [-0.2, -0.15) is 0 Å². The lowest BCUT2D eigenvalue weighted by Crippen LogP contribution is -2.18. The molecule has 0 aliphatic carbocycles. The normalized spacial score (nSPS) is 14.2. The first-order chi connectivity index (χ1) is 8.72. The van der Waals surface area contributed by atoms with Crippen molar-refractivity contribution in [1.29, 1.82) is 0 Å². The van der Waals surface area contributed by atoms with Crippen LogP contribution in [0, 0.1) is 0 Å². The van der Waals surface area contributed by atoms with Crippen molar-refractivity contribution in [2.45, 2.75) is 32.2 Å². The average molecular weight is 240 g/mol. The lowest BCUT2D eigenvalue weighted by Gasteiger charge is -2.20. The fraction of sp³-hybridized carbons (Fsp3) is 0.312. The summed E-state index contributed by atoms with van der Waals surface area (Å²) in [5.41, 5.74) is 9.88. The molecule has 2 N–H and O–H groups in total. The molecule has 2 atom stereocenters. The third kappa shape index (κ3) is 2.77. The third-order valence-electron chi connectivity index (χ3n) is 3.47. The molecule has 0 saturated carbocycles. The molecule has 18 heavy (non-hydrogen) atoms. The number of nitrogens with two attached hydrogens (primary N) is 1. The Morgan fingerprint density at radius 2 is 1.83 bits per heavy atom. The van der Waals surface area contributed by atoms with Crippen LogP contribution in [0.5, 0.6) is 0 Å². The summed E-state index contributed by atoms with van der Waals surface area (Å²) in [6, 6.07) is 14.5. The molecular weight excluding hydrogens is 220 g/mol. The molecule has 2 rings (SSSR count). The molecule has 1 heterocycles. The number of hydrogen-bond donors (Lipinski definition) is 1. The zero-order valence-electron chi connectivity index (χ0n) is 11.0. The van der Waals surface area contributed by atoms with Crippen LogP contribution >= 0.6 is 0 Å². The van der Waals surface area contributed by atoms with Crippen LogP contribution in [0.3, 0.4) is 0 Å². The summed E-state index contributed by atoms with van der Waals surface area (Å²) in [7, 11) is 0. The number of aryl methyl sites for hydroxylation is 1. The molecule has 1 aromatic heterocycles. The summed E-state index contributed by atoms with van der Waals surface area (Å²) in [4.78, 5) is 4.38. The van der Waals surface area contributed by atoms with Gasteiger partial charge in [0.1, 0.15) is 0 Å². The minimum absolute atomic E-state index is 0.00851. The minimum Gasteiger partial charge on any atom is -0.323 e. The van der Waals surface area contributed by atoms with Gasteiger partial charge in [-0.3, -0.25) is 4.98 Å². The molecule has 0 amide bonds. The van der Waals surface area contributed by atoms with Gasteiger partial charge in [0.2, 0.25) is 0 Å². The van der Waals surface area contributed by atoms with E-state index in [1.807, 2.05) is 24.4 Å². The highest BCUT2D eigenvalue weighted by molar-refractivity contribution is 5.27. The second-order valence-electron chi connectivity index (χ2n) is 4.66. The Hall–Kier alpha value is -1.67.